The Kier molecular flexibility index (Phi) is 4.73. The van der Waals surface area contributed by atoms with Crippen LogP contribution in [-0.2, 0) is 4.74 Å². The Hall–Kier alpha value is -1.30. The van der Waals surface area contributed by atoms with Crippen molar-refractivity contribution in [3.8, 4) is 11.3 Å². The molecule has 1 N–H and O–H groups in total. The molecule has 5 heteroatoms. The molecule has 1 aliphatic rings. The molecule has 0 spiro atoms. The van der Waals surface area contributed by atoms with E-state index in [0.717, 1.165) is 49.5 Å². The smallest absolute Gasteiger partial charge is 0.165 e. The number of thioether (sulfide) groups is 1. The summed E-state index contributed by atoms with van der Waals surface area (Å²) in [7, 11) is 0. The van der Waals surface area contributed by atoms with Crippen molar-refractivity contribution in [2.75, 3.05) is 38.6 Å². The number of nitrogens with zero attached hydrogens (tertiary/aromatic N) is 2. The lowest BCUT2D eigenvalue weighted by Gasteiger charge is -2.26. The van der Waals surface area contributed by atoms with E-state index in [1.165, 1.54) is 5.56 Å². The number of imidazole rings is 1. The normalized spacial score (nSPS) is 16.4. The summed E-state index contributed by atoms with van der Waals surface area (Å²) in [6.07, 6.45) is 1.91. The molecule has 2 aromatic rings. The van der Waals surface area contributed by atoms with Crippen molar-refractivity contribution in [2.24, 2.45) is 0 Å². The molecule has 0 unspecified atom stereocenters. The third-order valence-corrected chi connectivity index (χ3v) is 4.25. The number of aromatic amines is 1. The highest BCUT2D eigenvalue weighted by Crippen LogP contribution is 2.21. The quantitative estimate of drug-likeness (QED) is 0.859. The van der Waals surface area contributed by atoms with Gasteiger partial charge in [0.2, 0.25) is 0 Å². The van der Waals surface area contributed by atoms with Crippen LogP contribution in [0, 0.1) is 0 Å². The first-order chi connectivity index (χ1) is 9.92. The number of hydrogen-bond acceptors (Lipinski definition) is 4. The van der Waals surface area contributed by atoms with E-state index in [1.54, 1.807) is 11.8 Å². The molecule has 0 bridgehead atoms. The van der Waals surface area contributed by atoms with Crippen LogP contribution in [0.4, 0.5) is 0 Å². The van der Waals surface area contributed by atoms with Crippen LogP contribution in [0.3, 0.4) is 0 Å². The summed E-state index contributed by atoms with van der Waals surface area (Å²) in [4.78, 5) is 10.3. The molecule has 1 saturated heterocycles. The first kappa shape index (κ1) is 13.7. The molecule has 1 fully saturated rings. The zero-order valence-corrected chi connectivity index (χ0v) is 12.2. The Morgan fingerprint density at radius 1 is 1.20 bits per heavy atom. The van der Waals surface area contributed by atoms with Gasteiger partial charge in [-0.15, -0.1) is 0 Å². The van der Waals surface area contributed by atoms with Gasteiger partial charge in [-0.1, -0.05) is 42.1 Å². The molecule has 3 rings (SSSR count). The zero-order valence-electron chi connectivity index (χ0n) is 11.4. The lowest BCUT2D eigenvalue weighted by atomic mass is 10.2. The highest BCUT2D eigenvalue weighted by atomic mass is 32.2. The standard InChI is InChI=1S/C15H19N3OS/c1-2-4-13(5-3-1)14-12-16-15(17-14)20-11-8-18-6-9-19-10-7-18/h1-5,12H,6-11H2,(H,16,17). The van der Waals surface area contributed by atoms with Gasteiger partial charge in [-0.05, 0) is 5.56 Å². The summed E-state index contributed by atoms with van der Waals surface area (Å²) in [6, 6.07) is 10.3. The molecule has 106 valence electrons. The van der Waals surface area contributed by atoms with E-state index in [4.69, 9.17) is 4.74 Å². The van der Waals surface area contributed by atoms with Gasteiger partial charge in [0.15, 0.2) is 5.16 Å². The van der Waals surface area contributed by atoms with Crippen molar-refractivity contribution in [3.05, 3.63) is 36.5 Å². The molecule has 1 aromatic carbocycles. The highest BCUT2D eigenvalue weighted by Gasteiger charge is 2.10. The van der Waals surface area contributed by atoms with E-state index >= 15 is 0 Å². The third kappa shape index (κ3) is 3.62. The van der Waals surface area contributed by atoms with Crippen LogP contribution in [0.5, 0.6) is 0 Å². The van der Waals surface area contributed by atoms with Crippen molar-refractivity contribution in [3.63, 3.8) is 0 Å². The lowest BCUT2D eigenvalue weighted by Crippen LogP contribution is -2.37. The Balaban J connectivity index is 1.50. The fourth-order valence-electron chi connectivity index (χ4n) is 2.24. The molecule has 0 saturated carbocycles. The van der Waals surface area contributed by atoms with E-state index in [-0.39, 0.29) is 0 Å². The zero-order chi connectivity index (χ0) is 13.6. The second-order valence-corrected chi connectivity index (χ2v) is 5.85. The Morgan fingerprint density at radius 3 is 2.80 bits per heavy atom. The number of aromatic nitrogens is 2. The second-order valence-electron chi connectivity index (χ2n) is 4.77. The van der Waals surface area contributed by atoms with E-state index in [9.17, 15) is 0 Å². The molecule has 0 radical (unpaired) electrons. The van der Waals surface area contributed by atoms with Crippen LogP contribution in [-0.4, -0.2) is 53.5 Å². The number of ether oxygens (including phenoxy) is 1. The van der Waals surface area contributed by atoms with E-state index in [2.05, 4.69) is 27.0 Å². The molecule has 20 heavy (non-hydrogen) atoms. The maximum atomic E-state index is 5.35. The van der Waals surface area contributed by atoms with Gasteiger partial charge < -0.3 is 9.72 Å². The average Bonchev–Trinajstić information content (AvgIpc) is 2.98. The predicted molar refractivity (Wildman–Crippen MR) is 82.0 cm³/mol. The molecule has 2 heterocycles. The number of hydrogen-bond donors (Lipinski definition) is 1. The summed E-state index contributed by atoms with van der Waals surface area (Å²) in [5.74, 6) is 1.06. The van der Waals surface area contributed by atoms with Crippen LogP contribution in [0.2, 0.25) is 0 Å². The molecule has 1 aromatic heterocycles. The SMILES string of the molecule is c1ccc(-c2cnc(SCCN3CCOCC3)[nH]2)cc1. The van der Waals surface area contributed by atoms with Crippen molar-refractivity contribution in [2.45, 2.75) is 5.16 Å². The van der Waals surface area contributed by atoms with Crippen molar-refractivity contribution in [1.29, 1.82) is 0 Å². The number of nitrogens with one attached hydrogen (secondary N) is 1. The molecule has 0 atom stereocenters. The Morgan fingerprint density at radius 2 is 2.00 bits per heavy atom. The lowest BCUT2D eigenvalue weighted by molar-refractivity contribution is 0.0410. The van der Waals surface area contributed by atoms with Gasteiger partial charge in [-0.3, -0.25) is 4.90 Å². The summed E-state index contributed by atoms with van der Waals surface area (Å²) >= 11 is 1.78. The first-order valence-electron chi connectivity index (χ1n) is 6.95. The third-order valence-electron chi connectivity index (χ3n) is 3.39. The molecule has 0 amide bonds. The molecule has 4 nitrogen and oxygen atoms in total. The van der Waals surface area contributed by atoms with Crippen LogP contribution in [0.1, 0.15) is 0 Å². The minimum absolute atomic E-state index is 0.865. The van der Waals surface area contributed by atoms with Crippen LogP contribution >= 0.6 is 11.8 Å². The fraction of sp³-hybridized carbons (Fsp3) is 0.400. The van der Waals surface area contributed by atoms with Gasteiger partial charge in [0.25, 0.3) is 0 Å². The van der Waals surface area contributed by atoms with E-state index in [0.29, 0.717) is 0 Å². The number of rotatable bonds is 5. The van der Waals surface area contributed by atoms with Crippen molar-refractivity contribution in [1.82, 2.24) is 14.9 Å². The number of morpholine rings is 1. The molecule has 1 aliphatic heterocycles. The van der Waals surface area contributed by atoms with Gasteiger partial charge in [0, 0.05) is 25.4 Å². The Bertz CT molecular complexity index is 523. The van der Waals surface area contributed by atoms with Crippen LogP contribution < -0.4 is 0 Å². The minimum atomic E-state index is 0.865. The van der Waals surface area contributed by atoms with E-state index < -0.39 is 0 Å². The maximum absolute atomic E-state index is 5.35. The second kappa shape index (κ2) is 6.92. The Labute approximate surface area is 123 Å². The summed E-state index contributed by atoms with van der Waals surface area (Å²) in [6.45, 7) is 4.92. The predicted octanol–water partition coefficient (Wildman–Crippen LogP) is 2.50. The number of H-pyrrole nitrogens is 1. The van der Waals surface area contributed by atoms with Gasteiger partial charge >= 0.3 is 0 Å². The maximum Gasteiger partial charge on any atom is 0.165 e. The molecule has 0 aliphatic carbocycles. The van der Waals surface area contributed by atoms with Crippen LogP contribution in [0.25, 0.3) is 11.3 Å². The average molecular weight is 289 g/mol. The van der Waals surface area contributed by atoms with E-state index in [1.807, 2.05) is 24.4 Å². The monoisotopic (exact) mass is 289 g/mol. The van der Waals surface area contributed by atoms with Gasteiger partial charge in [-0.2, -0.15) is 0 Å². The summed E-state index contributed by atoms with van der Waals surface area (Å²) in [5, 5.41) is 0.997. The van der Waals surface area contributed by atoms with Crippen molar-refractivity contribution >= 4 is 11.8 Å². The topological polar surface area (TPSA) is 41.2 Å². The first-order valence-corrected chi connectivity index (χ1v) is 7.94. The minimum Gasteiger partial charge on any atom is -0.379 e. The highest BCUT2D eigenvalue weighted by molar-refractivity contribution is 7.99. The van der Waals surface area contributed by atoms with Gasteiger partial charge in [0.1, 0.15) is 0 Å². The number of benzene rings is 1. The summed E-state index contributed by atoms with van der Waals surface area (Å²) in [5.41, 5.74) is 2.26. The van der Waals surface area contributed by atoms with Crippen molar-refractivity contribution < 1.29 is 4.74 Å². The van der Waals surface area contributed by atoms with Crippen LogP contribution in [0.15, 0.2) is 41.7 Å². The van der Waals surface area contributed by atoms with Gasteiger partial charge in [-0.25, -0.2) is 4.98 Å². The fourth-order valence-corrected chi connectivity index (χ4v) is 3.09. The van der Waals surface area contributed by atoms with Gasteiger partial charge in [0.05, 0.1) is 25.1 Å². The molecular formula is C15H19N3OS. The largest absolute Gasteiger partial charge is 0.379 e. The summed E-state index contributed by atoms with van der Waals surface area (Å²) < 4.78 is 5.35. The molecular weight excluding hydrogens is 270 g/mol.